The number of carboxylic acids is 1. The van der Waals surface area contributed by atoms with E-state index in [0.29, 0.717) is 22.5 Å². The van der Waals surface area contributed by atoms with E-state index in [1.54, 1.807) is 48.5 Å². The summed E-state index contributed by atoms with van der Waals surface area (Å²) in [5.41, 5.74) is 7.05. The molecule has 3 rings (SSSR count). The molecule has 0 unspecified atom stereocenters. The van der Waals surface area contributed by atoms with Gasteiger partial charge in [-0.25, -0.2) is 9.48 Å². The highest BCUT2D eigenvalue weighted by Crippen LogP contribution is 2.25. The van der Waals surface area contributed by atoms with Crippen LogP contribution in [0, 0.1) is 0 Å². The van der Waals surface area contributed by atoms with E-state index in [1.807, 2.05) is 6.07 Å². The topological polar surface area (TPSA) is 111 Å². The number of hydrogen-bond acceptors (Lipinski definition) is 4. The van der Waals surface area contributed by atoms with Crippen molar-refractivity contribution in [1.82, 2.24) is 15.0 Å². The van der Waals surface area contributed by atoms with Gasteiger partial charge in [0.25, 0.3) is 0 Å². The minimum Gasteiger partial charge on any atom is -0.476 e. The van der Waals surface area contributed by atoms with Crippen LogP contribution in [0.1, 0.15) is 20.8 Å². The van der Waals surface area contributed by atoms with Gasteiger partial charge in [-0.1, -0.05) is 35.5 Å². The minimum absolute atomic E-state index is 0.143. The van der Waals surface area contributed by atoms with Crippen LogP contribution in [0.4, 0.5) is 0 Å². The summed E-state index contributed by atoms with van der Waals surface area (Å²) in [6.07, 6.45) is 0. The van der Waals surface area contributed by atoms with E-state index in [2.05, 4.69) is 10.3 Å². The zero-order valence-electron chi connectivity index (χ0n) is 11.9. The highest BCUT2D eigenvalue weighted by molar-refractivity contribution is 5.94. The summed E-state index contributed by atoms with van der Waals surface area (Å²) in [6.45, 7) is 0. The fraction of sp³-hybridized carbons (Fsp3) is 0. The molecule has 3 aromatic rings. The number of carbonyl (C=O) groups excluding carboxylic acids is 1. The Bertz CT molecular complexity index is 870. The quantitative estimate of drug-likeness (QED) is 0.762. The lowest BCUT2D eigenvalue weighted by atomic mass is 10.1. The van der Waals surface area contributed by atoms with Gasteiger partial charge < -0.3 is 10.8 Å². The van der Waals surface area contributed by atoms with Gasteiger partial charge in [-0.2, -0.15) is 0 Å². The third-order valence-electron chi connectivity index (χ3n) is 3.32. The van der Waals surface area contributed by atoms with Crippen LogP contribution in [0.25, 0.3) is 16.9 Å². The standard InChI is InChI=1S/C16H12N4O3/c17-15(21)11-6-8-12(9-7-11)20-14(10-4-2-1-3-5-10)13(16(22)23)18-19-20/h1-9H,(H2,17,21)(H,22,23). The van der Waals surface area contributed by atoms with Gasteiger partial charge in [0.05, 0.1) is 5.69 Å². The van der Waals surface area contributed by atoms with E-state index in [4.69, 9.17) is 5.73 Å². The van der Waals surface area contributed by atoms with Crippen LogP contribution < -0.4 is 5.73 Å². The zero-order valence-corrected chi connectivity index (χ0v) is 11.9. The number of benzene rings is 2. The Morgan fingerprint density at radius 1 is 1.00 bits per heavy atom. The largest absolute Gasteiger partial charge is 0.476 e. The predicted molar refractivity (Wildman–Crippen MR) is 82.3 cm³/mol. The van der Waals surface area contributed by atoms with Crippen LogP contribution >= 0.6 is 0 Å². The van der Waals surface area contributed by atoms with Crippen molar-refractivity contribution in [2.75, 3.05) is 0 Å². The maximum atomic E-state index is 11.4. The number of nitrogens with zero attached hydrogens (tertiary/aromatic N) is 3. The van der Waals surface area contributed by atoms with Crippen molar-refractivity contribution in [3.63, 3.8) is 0 Å². The van der Waals surface area contributed by atoms with Crippen molar-refractivity contribution < 1.29 is 14.7 Å². The van der Waals surface area contributed by atoms with Crippen molar-refractivity contribution in [3.05, 3.63) is 65.9 Å². The molecule has 1 aromatic heterocycles. The van der Waals surface area contributed by atoms with Crippen molar-refractivity contribution in [2.24, 2.45) is 5.73 Å². The summed E-state index contributed by atoms with van der Waals surface area (Å²) in [4.78, 5) is 22.5. The predicted octanol–water partition coefficient (Wildman–Crippen LogP) is 1.73. The molecule has 1 amide bonds. The number of aromatic nitrogens is 3. The van der Waals surface area contributed by atoms with Crippen molar-refractivity contribution in [3.8, 4) is 16.9 Å². The molecule has 0 aliphatic rings. The third-order valence-corrected chi connectivity index (χ3v) is 3.32. The summed E-state index contributed by atoms with van der Waals surface area (Å²) in [6, 6.07) is 15.4. The molecule has 0 fully saturated rings. The van der Waals surface area contributed by atoms with Crippen LogP contribution in [0.2, 0.25) is 0 Å². The Kier molecular flexibility index (Phi) is 3.60. The summed E-state index contributed by atoms with van der Waals surface area (Å²) in [7, 11) is 0. The van der Waals surface area contributed by atoms with Gasteiger partial charge in [0, 0.05) is 11.1 Å². The van der Waals surface area contributed by atoms with Crippen LogP contribution in [0.15, 0.2) is 54.6 Å². The molecule has 0 aliphatic carbocycles. The number of carbonyl (C=O) groups is 2. The minimum atomic E-state index is -1.16. The molecule has 0 aliphatic heterocycles. The molecule has 7 heteroatoms. The number of amides is 1. The first-order chi connectivity index (χ1) is 11.1. The Balaban J connectivity index is 2.16. The van der Waals surface area contributed by atoms with Crippen LogP contribution in [0.3, 0.4) is 0 Å². The molecule has 3 N–H and O–H groups in total. The monoisotopic (exact) mass is 308 g/mol. The second-order valence-electron chi connectivity index (χ2n) is 4.78. The number of nitrogens with two attached hydrogens (primary N) is 1. The fourth-order valence-corrected chi connectivity index (χ4v) is 2.23. The van der Waals surface area contributed by atoms with Crippen LogP contribution in [-0.2, 0) is 0 Å². The first-order valence-electron chi connectivity index (χ1n) is 6.72. The molecular weight excluding hydrogens is 296 g/mol. The highest BCUT2D eigenvalue weighted by Gasteiger charge is 2.21. The molecule has 114 valence electrons. The van der Waals surface area contributed by atoms with Crippen molar-refractivity contribution in [2.45, 2.75) is 0 Å². The molecule has 7 nitrogen and oxygen atoms in total. The molecule has 1 heterocycles. The van der Waals surface area contributed by atoms with Gasteiger partial charge in [0.2, 0.25) is 5.91 Å². The molecule has 0 radical (unpaired) electrons. The molecule has 0 bridgehead atoms. The first kappa shape index (κ1) is 14.5. The fourth-order valence-electron chi connectivity index (χ4n) is 2.23. The molecular formula is C16H12N4O3. The van der Waals surface area contributed by atoms with Crippen LogP contribution in [-0.4, -0.2) is 32.0 Å². The third kappa shape index (κ3) is 2.67. The number of aromatic carboxylic acids is 1. The van der Waals surface area contributed by atoms with Crippen molar-refractivity contribution >= 4 is 11.9 Å². The molecule has 0 spiro atoms. The maximum absolute atomic E-state index is 11.4. The first-order valence-corrected chi connectivity index (χ1v) is 6.72. The van der Waals surface area contributed by atoms with Gasteiger partial charge in [0.15, 0.2) is 5.69 Å². The highest BCUT2D eigenvalue weighted by atomic mass is 16.4. The van der Waals surface area contributed by atoms with Gasteiger partial charge in [-0.15, -0.1) is 5.10 Å². The van der Waals surface area contributed by atoms with Crippen molar-refractivity contribution in [1.29, 1.82) is 0 Å². The van der Waals surface area contributed by atoms with Gasteiger partial charge in [0.1, 0.15) is 5.69 Å². The van der Waals surface area contributed by atoms with Crippen LogP contribution in [0.5, 0.6) is 0 Å². The van der Waals surface area contributed by atoms with E-state index in [1.165, 1.54) is 4.68 Å². The van der Waals surface area contributed by atoms with Gasteiger partial charge in [-0.05, 0) is 24.3 Å². The lowest BCUT2D eigenvalue weighted by molar-refractivity contribution is 0.0691. The normalized spacial score (nSPS) is 10.4. The lowest BCUT2D eigenvalue weighted by Gasteiger charge is -2.07. The average molecular weight is 308 g/mol. The Labute approximate surface area is 131 Å². The van der Waals surface area contributed by atoms with E-state index >= 15 is 0 Å². The van der Waals surface area contributed by atoms with E-state index in [-0.39, 0.29) is 5.69 Å². The summed E-state index contributed by atoms with van der Waals surface area (Å²) in [5, 5.41) is 17.0. The lowest BCUT2D eigenvalue weighted by Crippen LogP contribution is -2.11. The number of carboxylic acid groups (broad SMARTS) is 1. The molecule has 0 atom stereocenters. The Hall–Kier alpha value is -3.48. The van der Waals surface area contributed by atoms with E-state index in [0.717, 1.165) is 0 Å². The Morgan fingerprint density at radius 3 is 2.22 bits per heavy atom. The molecule has 0 saturated carbocycles. The average Bonchev–Trinajstić information content (AvgIpc) is 3.01. The summed E-state index contributed by atoms with van der Waals surface area (Å²) >= 11 is 0. The van der Waals surface area contributed by atoms with Gasteiger partial charge in [-0.3, -0.25) is 4.79 Å². The smallest absolute Gasteiger partial charge is 0.358 e. The zero-order chi connectivity index (χ0) is 16.4. The van der Waals surface area contributed by atoms with E-state index < -0.39 is 11.9 Å². The van der Waals surface area contributed by atoms with Gasteiger partial charge >= 0.3 is 5.97 Å². The van der Waals surface area contributed by atoms with E-state index in [9.17, 15) is 14.7 Å². The molecule has 2 aromatic carbocycles. The molecule has 0 saturated heterocycles. The Morgan fingerprint density at radius 2 is 1.65 bits per heavy atom. The second kappa shape index (κ2) is 5.72. The summed E-state index contributed by atoms with van der Waals surface area (Å²) in [5.74, 6) is -1.70. The number of hydrogen-bond donors (Lipinski definition) is 2. The number of primary amides is 1. The number of rotatable bonds is 4. The second-order valence-corrected chi connectivity index (χ2v) is 4.78. The SMILES string of the molecule is NC(=O)c1ccc(-n2nnc(C(=O)O)c2-c2ccccc2)cc1. The summed E-state index contributed by atoms with van der Waals surface area (Å²) < 4.78 is 1.42. The maximum Gasteiger partial charge on any atom is 0.358 e. The molecule has 23 heavy (non-hydrogen) atoms.